The predicted octanol–water partition coefficient (Wildman–Crippen LogP) is 4.00. The number of nitrogens with zero attached hydrogens (tertiary/aromatic N) is 2. The minimum atomic E-state index is 0. The van der Waals surface area contributed by atoms with Crippen molar-refractivity contribution in [3.05, 3.63) is 64.4 Å². The second kappa shape index (κ2) is 12.1. The standard InChI is InChI=1S/C19H25ClN4.HI/c1-3-21-19(22-12-10-16-6-8-18(20)9-7-16)23-13-11-17-5-4-15(2)24-14-17;/h4-9,14H,3,10-13H2,1-2H3,(H2,21,22,23);1H. The van der Waals surface area contributed by atoms with E-state index in [9.17, 15) is 0 Å². The van der Waals surface area contributed by atoms with Crippen LogP contribution in [0, 0.1) is 6.92 Å². The van der Waals surface area contributed by atoms with Crippen molar-refractivity contribution in [3.63, 3.8) is 0 Å². The van der Waals surface area contributed by atoms with Crippen molar-refractivity contribution in [2.75, 3.05) is 19.6 Å². The summed E-state index contributed by atoms with van der Waals surface area (Å²) in [6, 6.07) is 12.1. The van der Waals surface area contributed by atoms with Crippen LogP contribution in [0.3, 0.4) is 0 Å². The van der Waals surface area contributed by atoms with E-state index in [2.05, 4.69) is 33.6 Å². The normalized spacial score (nSPS) is 10.9. The second-order valence-corrected chi connectivity index (χ2v) is 6.06. The van der Waals surface area contributed by atoms with Crippen LogP contribution in [0.2, 0.25) is 5.02 Å². The van der Waals surface area contributed by atoms with Crippen LogP contribution in [0.4, 0.5) is 0 Å². The average Bonchev–Trinajstić information content (AvgIpc) is 2.58. The van der Waals surface area contributed by atoms with Crippen molar-refractivity contribution in [2.45, 2.75) is 26.7 Å². The molecule has 0 bridgehead atoms. The Morgan fingerprint density at radius 3 is 2.40 bits per heavy atom. The van der Waals surface area contributed by atoms with Gasteiger partial charge < -0.3 is 10.6 Å². The molecule has 0 atom stereocenters. The third-order valence-electron chi connectivity index (χ3n) is 3.61. The van der Waals surface area contributed by atoms with E-state index in [0.29, 0.717) is 0 Å². The molecular formula is C19H26ClIN4. The Kier molecular flexibility index (Phi) is 10.5. The van der Waals surface area contributed by atoms with Gasteiger partial charge >= 0.3 is 0 Å². The van der Waals surface area contributed by atoms with E-state index in [-0.39, 0.29) is 24.0 Å². The number of aliphatic imine (C=N–C) groups is 1. The molecule has 1 aromatic carbocycles. The molecule has 0 spiro atoms. The summed E-state index contributed by atoms with van der Waals surface area (Å²) in [7, 11) is 0. The highest BCUT2D eigenvalue weighted by atomic mass is 127. The zero-order valence-corrected chi connectivity index (χ0v) is 17.8. The number of aryl methyl sites for hydroxylation is 1. The molecule has 0 aliphatic rings. The molecule has 4 nitrogen and oxygen atoms in total. The van der Waals surface area contributed by atoms with Gasteiger partial charge in [0.1, 0.15) is 0 Å². The maximum atomic E-state index is 5.90. The monoisotopic (exact) mass is 472 g/mol. The predicted molar refractivity (Wildman–Crippen MR) is 117 cm³/mol. The Balaban J connectivity index is 0.00000312. The van der Waals surface area contributed by atoms with Crippen molar-refractivity contribution in [1.82, 2.24) is 15.6 Å². The van der Waals surface area contributed by atoms with Gasteiger partial charge in [0.25, 0.3) is 0 Å². The summed E-state index contributed by atoms with van der Waals surface area (Å²) < 4.78 is 0. The Morgan fingerprint density at radius 2 is 1.76 bits per heavy atom. The quantitative estimate of drug-likeness (QED) is 0.364. The smallest absolute Gasteiger partial charge is 0.191 e. The number of pyridine rings is 1. The topological polar surface area (TPSA) is 49.3 Å². The fourth-order valence-corrected chi connectivity index (χ4v) is 2.39. The van der Waals surface area contributed by atoms with Gasteiger partial charge in [0.2, 0.25) is 0 Å². The molecule has 136 valence electrons. The summed E-state index contributed by atoms with van der Waals surface area (Å²) in [5.74, 6) is 0.853. The lowest BCUT2D eigenvalue weighted by atomic mass is 10.1. The summed E-state index contributed by atoms with van der Waals surface area (Å²) in [5, 5.41) is 7.41. The maximum Gasteiger partial charge on any atom is 0.191 e. The van der Waals surface area contributed by atoms with E-state index in [1.807, 2.05) is 43.5 Å². The summed E-state index contributed by atoms with van der Waals surface area (Å²) in [4.78, 5) is 8.94. The number of hydrogen-bond acceptors (Lipinski definition) is 2. The largest absolute Gasteiger partial charge is 0.357 e. The summed E-state index contributed by atoms with van der Waals surface area (Å²) >= 11 is 5.90. The highest BCUT2D eigenvalue weighted by Crippen LogP contribution is 2.09. The van der Waals surface area contributed by atoms with Crippen LogP contribution in [0.1, 0.15) is 23.7 Å². The molecule has 0 aliphatic heterocycles. The molecule has 2 aromatic rings. The first-order valence-corrected chi connectivity index (χ1v) is 8.73. The molecule has 0 fully saturated rings. The van der Waals surface area contributed by atoms with E-state index in [4.69, 9.17) is 11.6 Å². The fraction of sp³-hybridized carbons (Fsp3) is 0.368. The first-order chi connectivity index (χ1) is 11.7. The van der Waals surface area contributed by atoms with Gasteiger partial charge in [0.05, 0.1) is 0 Å². The zero-order valence-electron chi connectivity index (χ0n) is 14.8. The van der Waals surface area contributed by atoms with Crippen LogP contribution in [0.5, 0.6) is 0 Å². The lowest BCUT2D eigenvalue weighted by Gasteiger charge is -2.11. The lowest BCUT2D eigenvalue weighted by molar-refractivity contribution is 0.794. The number of rotatable bonds is 7. The molecule has 25 heavy (non-hydrogen) atoms. The van der Waals surface area contributed by atoms with Crippen LogP contribution in [-0.2, 0) is 12.8 Å². The Labute approximate surface area is 172 Å². The first-order valence-electron chi connectivity index (χ1n) is 8.35. The summed E-state index contributed by atoms with van der Waals surface area (Å²) in [5.41, 5.74) is 3.51. The lowest BCUT2D eigenvalue weighted by Crippen LogP contribution is -2.38. The summed E-state index contributed by atoms with van der Waals surface area (Å²) in [6.07, 6.45) is 3.76. The van der Waals surface area contributed by atoms with Crippen LogP contribution >= 0.6 is 35.6 Å². The molecule has 0 aliphatic carbocycles. The minimum absolute atomic E-state index is 0. The molecule has 2 rings (SSSR count). The molecule has 6 heteroatoms. The highest BCUT2D eigenvalue weighted by Gasteiger charge is 1.99. The van der Waals surface area contributed by atoms with Crippen molar-refractivity contribution < 1.29 is 0 Å². The number of hydrogen-bond donors (Lipinski definition) is 2. The summed E-state index contributed by atoms with van der Waals surface area (Å²) in [6.45, 7) is 6.48. The van der Waals surface area contributed by atoms with Crippen molar-refractivity contribution in [1.29, 1.82) is 0 Å². The minimum Gasteiger partial charge on any atom is -0.357 e. The van der Waals surface area contributed by atoms with E-state index in [0.717, 1.165) is 49.2 Å². The molecule has 0 unspecified atom stereocenters. The maximum absolute atomic E-state index is 5.90. The van der Waals surface area contributed by atoms with Crippen LogP contribution < -0.4 is 10.6 Å². The Morgan fingerprint density at radius 1 is 1.04 bits per heavy atom. The fourth-order valence-electron chi connectivity index (χ4n) is 2.26. The van der Waals surface area contributed by atoms with E-state index in [1.165, 1.54) is 11.1 Å². The third-order valence-corrected chi connectivity index (χ3v) is 3.86. The molecule has 0 radical (unpaired) electrons. The van der Waals surface area contributed by atoms with Gasteiger partial charge in [-0.2, -0.15) is 0 Å². The number of nitrogens with one attached hydrogen (secondary N) is 2. The van der Waals surface area contributed by atoms with Crippen LogP contribution in [0.25, 0.3) is 0 Å². The molecular weight excluding hydrogens is 447 g/mol. The second-order valence-electron chi connectivity index (χ2n) is 5.62. The number of halogens is 2. The van der Waals surface area contributed by atoms with Gasteiger partial charge in [-0.05, 0) is 56.0 Å². The molecule has 0 saturated carbocycles. The number of guanidine groups is 1. The first kappa shape index (κ1) is 21.7. The van der Waals surface area contributed by atoms with Gasteiger partial charge in [-0.1, -0.05) is 29.8 Å². The molecule has 0 amide bonds. The van der Waals surface area contributed by atoms with E-state index >= 15 is 0 Å². The van der Waals surface area contributed by atoms with E-state index < -0.39 is 0 Å². The molecule has 1 aromatic heterocycles. The van der Waals surface area contributed by atoms with Crippen LogP contribution in [-0.4, -0.2) is 30.6 Å². The van der Waals surface area contributed by atoms with Crippen molar-refractivity contribution >= 4 is 41.5 Å². The third kappa shape index (κ3) is 8.54. The van der Waals surface area contributed by atoms with Gasteiger partial charge in [-0.25, -0.2) is 0 Å². The van der Waals surface area contributed by atoms with E-state index in [1.54, 1.807) is 0 Å². The molecule has 2 N–H and O–H groups in total. The number of benzene rings is 1. The number of aromatic nitrogens is 1. The average molecular weight is 473 g/mol. The Bertz CT molecular complexity index is 641. The SMILES string of the molecule is CCNC(=NCCc1ccc(Cl)cc1)NCCc1ccc(C)nc1.I. The molecule has 1 heterocycles. The van der Waals surface area contributed by atoms with Crippen molar-refractivity contribution in [3.8, 4) is 0 Å². The van der Waals surface area contributed by atoms with Gasteiger partial charge in [-0.15, -0.1) is 24.0 Å². The van der Waals surface area contributed by atoms with Gasteiger partial charge in [-0.3, -0.25) is 9.98 Å². The Hall–Kier alpha value is -1.34. The van der Waals surface area contributed by atoms with Gasteiger partial charge in [0, 0.05) is 36.5 Å². The van der Waals surface area contributed by atoms with Gasteiger partial charge in [0.15, 0.2) is 5.96 Å². The molecule has 0 saturated heterocycles. The van der Waals surface area contributed by atoms with Crippen molar-refractivity contribution in [2.24, 2.45) is 4.99 Å². The van der Waals surface area contributed by atoms with Crippen LogP contribution in [0.15, 0.2) is 47.6 Å². The highest BCUT2D eigenvalue weighted by molar-refractivity contribution is 14.0. The zero-order chi connectivity index (χ0) is 17.2.